The first-order valence-electron chi connectivity index (χ1n) is 7.35. The Morgan fingerprint density at radius 3 is 2.70 bits per heavy atom. The van der Waals surface area contributed by atoms with Crippen molar-refractivity contribution in [2.75, 3.05) is 19.7 Å². The molecule has 0 aromatic heterocycles. The topological polar surface area (TPSA) is 66.8 Å². The van der Waals surface area contributed by atoms with Crippen molar-refractivity contribution in [3.63, 3.8) is 0 Å². The maximum atomic E-state index is 13.0. The Balaban J connectivity index is 1.98. The van der Waals surface area contributed by atoms with E-state index in [0.29, 0.717) is 13.0 Å². The van der Waals surface area contributed by atoms with Crippen molar-refractivity contribution in [1.29, 1.82) is 0 Å². The van der Waals surface area contributed by atoms with Crippen LogP contribution >= 0.6 is 11.6 Å². The predicted molar refractivity (Wildman–Crippen MR) is 83.0 cm³/mol. The lowest BCUT2D eigenvalue weighted by Gasteiger charge is -2.28. The van der Waals surface area contributed by atoms with Gasteiger partial charge in [0.1, 0.15) is 11.6 Å². The van der Waals surface area contributed by atoms with Gasteiger partial charge >= 0.3 is 5.97 Å². The van der Waals surface area contributed by atoms with Crippen LogP contribution in [0.3, 0.4) is 0 Å². The molecule has 1 heterocycles. The molecular weight excluding hydrogens is 325 g/mol. The van der Waals surface area contributed by atoms with Crippen LogP contribution < -0.4 is 4.74 Å². The minimum atomic E-state index is -0.914. The second-order valence-corrected chi connectivity index (χ2v) is 6.45. The van der Waals surface area contributed by atoms with E-state index in [4.69, 9.17) is 16.3 Å². The van der Waals surface area contributed by atoms with Crippen molar-refractivity contribution >= 4 is 23.5 Å². The van der Waals surface area contributed by atoms with Crippen molar-refractivity contribution in [1.82, 2.24) is 4.90 Å². The molecule has 5 nitrogen and oxygen atoms in total. The van der Waals surface area contributed by atoms with Crippen molar-refractivity contribution in [3.05, 3.63) is 29.0 Å². The SMILES string of the molecule is CC(C)C1(C(=O)O)CCN(C(=O)COc2ccc(F)cc2Cl)C1. The van der Waals surface area contributed by atoms with Crippen LogP contribution in [0, 0.1) is 17.2 Å². The Hall–Kier alpha value is -1.82. The summed E-state index contributed by atoms with van der Waals surface area (Å²) in [6.45, 7) is 3.97. The molecule has 1 N–H and O–H groups in total. The van der Waals surface area contributed by atoms with Crippen LogP contribution in [0.2, 0.25) is 5.02 Å². The summed E-state index contributed by atoms with van der Waals surface area (Å²) in [5.74, 6) is -1.55. The van der Waals surface area contributed by atoms with Crippen molar-refractivity contribution in [2.24, 2.45) is 11.3 Å². The molecule has 1 atom stereocenters. The summed E-state index contributed by atoms with van der Waals surface area (Å²) in [5, 5.41) is 9.57. The number of benzene rings is 1. The largest absolute Gasteiger partial charge is 0.482 e. The Morgan fingerprint density at radius 1 is 1.48 bits per heavy atom. The number of aliphatic carboxylic acids is 1. The number of hydrogen-bond donors (Lipinski definition) is 1. The molecule has 1 unspecified atom stereocenters. The van der Waals surface area contributed by atoms with Gasteiger partial charge in [0, 0.05) is 13.1 Å². The molecule has 1 saturated heterocycles. The number of carboxylic acids is 1. The Labute approximate surface area is 139 Å². The molecule has 1 aromatic carbocycles. The number of carbonyl (C=O) groups excluding carboxylic acids is 1. The lowest BCUT2D eigenvalue weighted by Crippen LogP contribution is -2.41. The third kappa shape index (κ3) is 3.58. The van der Waals surface area contributed by atoms with E-state index in [0.717, 1.165) is 6.07 Å². The molecule has 0 saturated carbocycles. The maximum absolute atomic E-state index is 13.0. The van der Waals surface area contributed by atoms with Crippen LogP contribution in [0.1, 0.15) is 20.3 Å². The normalized spacial score (nSPS) is 20.8. The average Bonchev–Trinajstić information content (AvgIpc) is 2.92. The number of carbonyl (C=O) groups is 2. The molecule has 2 rings (SSSR count). The first-order chi connectivity index (χ1) is 10.8. The van der Waals surface area contributed by atoms with Crippen LogP contribution in [0.15, 0.2) is 18.2 Å². The average molecular weight is 344 g/mol. The van der Waals surface area contributed by atoms with Crippen LogP contribution in [-0.4, -0.2) is 41.6 Å². The summed E-state index contributed by atoms with van der Waals surface area (Å²) in [4.78, 5) is 25.3. The van der Waals surface area contributed by atoms with Crippen LogP contribution in [0.25, 0.3) is 0 Å². The number of amides is 1. The highest BCUT2D eigenvalue weighted by Gasteiger charge is 2.48. The minimum absolute atomic E-state index is 0.0785. The van der Waals surface area contributed by atoms with Gasteiger partial charge in [-0.3, -0.25) is 9.59 Å². The molecule has 23 heavy (non-hydrogen) atoms. The number of nitrogens with zero attached hydrogens (tertiary/aromatic N) is 1. The molecule has 1 aliphatic rings. The fourth-order valence-corrected chi connectivity index (χ4v) is 2.98. The molecule has 0 spiro atoms. The lowest BCUT2D eigenvalue weighted by molar-refractivity contribution is -0.151. The minimum Gasteiger partial charge on any atom is -0.482 e. The summed E-state index contributed by atoms with van der Waals surface area (Å²) >= 11 is 5.83. The van der Waals surface area contributed by atoms with Gasteiger partial charge in [0.25, 0.3) is 5.91 Å². The third-order valence-electron chi connectivity index (χ3n) is 4.43. The molecule has 7 heteroatoms. The summed E-state index contributed by atoms with van der Waals surface area (Å²) in [6.07, 6.45) is 0.420. The Bertz CT molecular complexity index is 622. The smallest absolute Gasteiger partial charge is 0.311 e. The van der Waals surface area contributed by atoms with Crippen LogP contribution in [-0.2, 0) is 9.59 Å². The molecule has 1 fully saturated rings. The van der Waals surface area contributed by atoms with E-state index < -0.39 is 17.2 Å². The highest BCUT2D eigenvalue weighted by molar-refractivity contribution is 6.32. The number of carboxylic acid groups (broad SMARTS) is 1. The first-order valence-corrected chi connectivity index (χ1v) is 7.73. The number of ether oxygens (including phenoxy) is 1. The zero-order valence-corrected chi connectivity index (χ0v) is 13.8. The number of halogens is 2. The Kier molecular flexibility index (Phi) is 5.14. The number of hydrogen-bond acceptors (Lipinski definition) is 3. The highest BCUT2D eigenvalue weighted by Crippen LogP contribution is 2.38. The lowest BCUT2D eigenvalue weighted by atomic mass is 9.76. The fourth-order valence-electron chi connectivity index (χ4n) is 2.76. The van der Waals surface area contributed by atoms with Gasteiger partial charge < -0.3 is 14.7 Å². The van der Waals surface area contributed by atoms with Crippen LogP contribution in [0.4, 0.5) is 4.39 Å². The first kappa shape index (κ1) is 17.5. The van der Waals surface area contributed by atoms with Gasteiger partial charge in [0.2, 0.25) is 0 Å². The van der Waals surface area contributed by atoms with E-state index in [1.165, 1.54) is 17.0 Å². The van der Waals surface area contributed by atoms with Gasteiger partial charge in [0.05, 0.1) is 10.4 Å². The second kappa shape index (κ2) is 6.74. The van der Waals surface area contributed by atoms with E-state index in [2.05, 4.69) is 0 Å². The zero-order chi connectivity index (χ0) is 17.2. The zero-order valence-electron chi connectivity index (χ0n) is 13.0. The van der Waals surface area contributed by atoms with E-state index in [-0.39, 0.29) is 35.7 Å². The molecular formula is C16H19ClFNO4. The van der Waals surface area contributed by atoms with Gasteiger partial charge in [-0.05, 0) is 30.5 Å². The van der Waals surface area contributed by atoms with Gasteiger partial charge in [-0.1, -0.05) is 25.4 Å². The third-order valence-corrected chi connectivity index (χ3v) is 4.73. The molecule has 0 bridgehead atoms. The summed E-state index contributed by atoms with van der Waals surface area (Å²) in [6, 6.07) is 3.64. The quantitative estimate of drug-likeness (QED) is 0.892. The molecule has 0 aliphatic carbocycles. The van der Waals surface area contributed by atoms with E-state index in [9.17, 15) is 19.1 Å². The van der Waals surface area contributed by atoms with Crippen LogP contribution in [0.5, 0.6) is 5.75 Å². The van der Waals surface area contributed by atoms with Gasteiger partial charge in [-0.25, -0.2) is 4.39 Å². The molecule has 126 valence electrons. The number of likely N-dealkylation sites (tertiary alicyclic amines) is 1. The van der Waals surface area contributed by atoms with Crippen molar-refractivity contribution < 1.29 is 23.8 Å². The monoisotopic (exact) mass is 343 g/mol. The van der Waals surface area contributed by atoms with Crippen molar-refractivity contribution in [2.45, 2.75) is 20.3 Å². The molecule has 0 radical (unpaired) electrons. The van der Waals surface area contributed by atoms with Crippen molar-refractivity contribution in [3.8, 4) is 5.75 Å². The molecule has 1 amide bonds. The standard InChI is InChI=1S/C16H19ClFNO4/c1-10(2)16(15(21)22)5-6-19(9-16)14(20)8-23-13-4-3-11(18)7-12(13)17/h3-4,7,10H,5-6,8-9H2,1-2H3,(H,21,22). The number of rotatable bonds is 5. The van der Waals surface area contributed by atoms with E-state index in [1.807, 2.05) is 13.8 Å². The van der Waals surface area contributed by atoms with Gasteiger partial charge in [0.15, 0.2) is 6.61 Å². The fraction of sp³-hybridized carbons (Fsp3) is 0.500. The Morgan fingerprint density at radius 2 is 2.17 bits per heavy atom. The van der Waals surface area contributed by atoms with Gasteiger partial charge in [-0.15, -0.1) is 0 Å². The predicted octanol–water partition coefficient (Wildman–Crippen LogP) is 2.82. The highest BCUT2D eigenvalue weighted by atomic mass is 35.5. The molecule has 1 aliphatic heterocycles. The van der Waals surface area contributed by atoms with E-state index >= 15 is 0 Å². The summed E-state index contributed by atoms with van der Waals surface area (Å²) < 4.78 is 18.3. The summed E-state index contributed by atoms with van der Waals surface area (Å²) in [7, 11) is 0. The van der Waals surface area contributed by atoms with E-state index in [1.54, 1.807) is 0 Å². The molecule has 1 aromatic rings. The maximum Gasteiger partial charge on any atom is 0.311 e. The summed E-state index contributed by atoms with van der Waals surface area (Å²) in [5.41, 5.74) is -0.914. The second-order valence-electron chi connectivity index (χ2n) is 6.04. The van der Waals surface area contributed by atoms with Gasteiger partial charge in [-0.2, -0.15) is 0 Å².